The number of furan rings is 1. The highest BCUT2D eigenvalue weighted by Crippen LogP contribution is 2.25. The van der Waals surface area contributed by atoms with E-state index in [4.69, 9.17) is 8.94 Å². The maximum Gasteiger partial charge on any atom is 0.306 e. The third-order valence-electron chi connectivity index (χ3n) is 3.50. The molecule has 120 valence electrons. The lowest BCUT2D eigenvalue weighted by Gasteiger charge is -1.95. The fourth-order valence-corrected chi connectivity index (χ4v) is 2.33. The summed E-state index contributed by atoms with van der Waals surface area (Å²) >= 11 is 0. The number of hydrogen-bond acceptors (Lipinski definition) is 7. The number of nitrogens with zero attached hydrogens (tertiary/aromatic N) is 5. The maximum atomic E-state index is 10.6. The van der Waals surface area contributed by atoms with Crippen LogP contribution in [-0.2, 0) is 13.0 Å². The molecule has 4 aromatic rings. The summed E-state index contributed by atoms with van der Waals surface area (Å²) < 4.78 is 12.3. The molecule has 0 unspecified atom stereocenters. The molecule has 0 aliphatic heterocycles. The van der Waals surface area contributed by atoms with Gasteiger partial charge in [-0.05, 0) is 12.1 Å². The predicted molar refractivity (Wildman–Crippen MR) is 82.1 cm³/mol. The molecule has 0 aliphatic rings. The van der Waals surface area contributed by atoms with Crippen LogP contribution in [0, 0.1) is 10.1 Å². The fourth-order valence-electron chi connectivity index (χ4n) is 2.33. The highest BCUT2D eigenvalue weighted by atomic mass is 16.6. The standard InChI is InChI=1S/C15H11N5O4/c21-20(22)11-8-16-19(9-11)6-5-14-17-15(18-24-14)13-7-10-3-1-2-4-12(10)23-13/h1-4,7-9H,5-6H2. The second-order valence-corrected chi connectivity index (χ2v) is 5.13. The number of para-hydroxylation sites is 1. The first kappa shape index (κ1) is 14.1. The Hall–Kier alpha value is -3.49. The van der Waals surface area contributed by atoms with Crippen LogP contribution in [0.2, 0.25) is 0 Å². The van der Waals surface area contributed by atoms with Crippen LogP contribution in [0.5, 0.6) is 0 Å². The molecular formula is C15H11N5O4. The number of aromatic nitrogens is 4. The first-order valence-electron chi connectivity index (χ1n) is 7.17. The summed E-state index contributed by atoms with van der Waals surface area (Å²) in [6.07, 6.45) is 2.97. The van der Waals surface area contributed by atoms with Crippen molar-refractivity contribution in [3.05, 3.63) is 58.7 Å². The van der Waals surface area contributed by atoms with E-state index in [1.807, 2.05) is 30.3 Å². The summed E-state index contributed by atoms with van der Waals surface area (Å²) in [6, 6.07) is 9.46. The fraction of sp³-hybridized carbons (Fsp3) is 0.133. The van der Waals surface area contributed by atoms with Crippen LogP contribution in [-0.4, -0.2) is 24.8 Å². The normalized spacial score (nSPS) is 11.2. The minimum Gasteiger partial charge on any atom is -0.453 e. The molecular weight excluding hydrogens is 314 g/mol. The van der Waals surface area contributed by atoms with Gasteiger partial charge in [-0.25, -0.2) is 0 Å². The zero-order valence-electron chi connectivity index (χ0n) is 12.3. The van der Waals surface area contributed by atoms with E-state index >= 15 is 0 Å². The van der Waals surface area contributed by atoms with Gasteiger partial charge >= 0.3 is 5.69 Å². The quantitative estimate of drug-likeness (QED) is 0.409. The Morgan fingerprint density at radius 2 is 2.17 bits per heavy atom. The van der Waals surface area contributed by atoms with E-state index < -0.39 is 4.92 Å². The minimum atomic E-state index is -0.490. The van der Waals surface area contributed by atoms with Gasteiger partial charge in [-0.15, -0.1) is 0 Å². The maximum absolute atomic E-state index is 10.6. The average Bonchev–Trinajstić information content (AvgIpc) is 3.30. The number of hydrogen-bond donors (Lipinski definition) is 0. The number of nitro groups is 1. The molecule has 4 rings (SSSR count). The van der Waals surface area contributed by atoms with Crippen molar-refractivity contribution in [2.75, 3.05) is 0 Å². The number of benzene rings is 1. The molecule has 0 aliphatic carbocycles. The summed E-state index contributed by atoms with van der Waals surface area (Å²) in [4.78, 5) is 14.4. The van der Waals surface area contributed by atoms with Crippen molar-refractivity contribution >= 4 is 16.7 Å². The largest absolute Gasteiger partial charge is 0.453 e. The van der Waals surface area contributed by atoms with E-state index in [1.54, 1.807) is 0 Å². The summed E-state index contributed by atoms with van der Waals surface area (Å²) in [5, 5.41) is 19.4. The van der Waals surface area contributed by atoms with Crippen molar-refractivity contribution in [3.63, 3.8) is 0 Å². The lowest BCUT2D eigenvalue weighted by Crippen LogP contribution is -2.01. The van der Waals surface area contributed by atoms with Crippen LogP contribution in [0.4, 0.5) is 5.69 Å². The van der Waals surface area contributed by atoms with Gasteiger partial charge in [0.2, 0.25) is 11.7 Å². The number of rotatable bonds is 5. The molecule has 3 aromatic heterocycles. The van der Waals surface area contributed by atoms with Gasteiger partial charge < -0.3 is 8.94 Å². The lowest BCUT2D eigenvalue weighted by atomic mass is 10.2. The third kappa shape index (κ3) is 2.62. The summed E-state index contributed by atoms with van der Waals surface area (Å²) in [5.41, 5.74) is 0.700. The van der Waals surface area contributed by atoms with E-state index in [9.17, 15) is 10.1 Å². The van der Waals surface area contributed by atoms with Gasteiger partial charge in [-0.1, -0.05) is 23.4 Å². The monoisotopic (exact) mass is 325 g/mol. The Bertz CT molecular complexity index is 983. The molecule has 0 spiro atoms. The van der Waals surface area contributed by atoms with Crippen LogP contribution < -0.4 is 0 Å². The molecule has 0 N–H and O–H groups in total. The molecule has 24 heavy (non-hydrogen) atoms. The van der Waals surface area contributed by atoms with Gasteiger partial charge in [-0.3, -0.25) is 14.8 Å². The summed E-state index contributed by atoms with van der Waals surface area (Å²) in [7, 11) is 0. The van der Waals surface area contributed by atoms with Gasteiger partial charge in [-0.2, -0.15) is 10.1 Å². The highest BCUT2D eigenvalue weighted by molar-refractivity contribution is 5.81. The van der Waals surface area contributed by atoms with Gasteiger partial charge in [0, 0.05) is 18.4 Å². The second-order valence-electron chi connectivity index (χ2n) is 5.13. The van der Waals surface area contributed by atoms with Crippen LogP contribution >= 0.6 is 0 Å². The van der Waals surface area contributed by atoms with Gasteiger partial charge in [0.15, 0.2) is 5.76 Å². The molecule has 9 nitrogen and oxygen atoms in total. The molecule has 0 saturated heterocycles. The van der Waals surface area contributed by atoms with E-state index in [2.05, 4.69) is 15.2 Å². The Morgan fingerprint density at radius 3 is 2.96 bits per heavy atom. The average molecular weight is 325 g/mol. The number of fused-ring (bicyclic) bond motifs is 1. The SMILES string of the molecule is O=[N+]([O-])c1cnn(CCc2nc(-c3cc4ccccc4o3)no2)c1. The molecule has 0 atom stereocenters. The molecule has 0 bridgehead atoms. The lowest BCUT2D eigenvalue weighted by molar-refractivity contribution is -0.385. The molecule has 0 fully saturated rings. The van der Waals surface area contributed by atoms with Crippen LogP contribution in [0.3, 0.4) is 0 Å². The van der Waals surface area contributed by atoms with Gasteiger partial charge in [0.1, 0.15) is 18.0 Å². The zero-order chi connectivity index (χ0) is 16.5. The predicted octanol–water partition coefficient (Wildman–Crippen LogP) is 2.83. The Morgan fingerprint density at radius 1 is 1.29 bits per heavy atom. The third-order valence-corrected chi connectivity index (χ3v) is 3.50. The minimum absolute atomic E-state index is 0.0523. The van der Waals surface area contributed by atoms with Crippen LogP contribution in [0.15, 0.2) is 51.7 Å². The molecule has 0 amide bonds. The van der Waals surface area contributed by atoms with Crippen LogP contribution in [0.1, 0.15) is 5.89 Å². The van der Waals surface area contributed by atoms with Gasteiger partial charge in [0.25, 0.3) is 0 Å². The van der Waals surface area contributed by atoms with E-state index in [1.165, 1.54) is 17.1 Å². The summed E-state index contributed by atoms with van der Waals surface area (Å²) in [6.45, 7) is 0.398. The zero-order valence-corrected chi connectivity index (χ0v) is 12.3. The summed E-state index contributed by atoms with van der Waals surface area (Å²) in [5.74, 6) is 1.30. The Balaban J connectivity index is 1.48. The van der Waals surface area contributed by atoms with Crippen molar-refractivity contribution in [2.45, 2.75) is 13.0 Å². The van der Waals surface area contributed by atoms with Crippen molar-refractivity contribution in [1.29, 1.82) is 0 Å². The first-order chi connectivity index (χ1) is 11.7. The van der Waals surface area contributed by atoms with E-state index in [-0.39, 0.29) is 5.69 Å². The molecule has 0 saturated carbocycles. The number of aryl methyl sites for hydroxylation is 2. The first-order valence-corrected chi connectivity index (χ1v) is 7.17. The Labute approximate surface area is 134 Å². The Kier molecular flexibility index (Phi) is 3.30. The van der Waals surface area contributed by atoms with Crippen molar-refractivity contribution in [1.82, 2.24) is 19.9 Å². The smallest absolute Gasteiger partial charge is 0.306 e. The van der Waals surface area contributed by atoms with Crippen molar-refractivity contribution in [2.24, 2.45) is 0 Å². The van der Waals surface area contributed by atoms with E-state index in [0.717, 1.165) is 11.0 Å². The van der Waals surface area contributed by atoms with Crippen molar-refractivity contribution < 1.29 is 13.9 Å². The molecule has 9 heteroatoms. The molecule has 0 radical (unpaired) electrons. The van der Waals surface area contributed by atoms with E-state index in [0.29, 0.717) is 30.4 Å². The molecule has 1 aromatic carbocycles. The topological polar surface area (TPSA) is 113 Å². The molecule has 3 heterocycles. The highest BCUT2D eigenvalue weighted by Gasteiger charge is 2.14. The van der Waals surface area contributed by atoms with Crippen molar-refractivity contribution in [3.8, 4) is 11.6 Å². The van der Waals surface area contributed by atoms with Crippen LogP contribution in [0.25, 0.3) is 22.6 Å². The van der Waals surface area contributed by atoms with Gasteiger partial charge in [0.05, 0.1) is 4.92 Å². The second kappa shape index (κ2) is 5.61.